The Hall–Kier alpha value is -1.59. The molecule has 3 aromatic rings. The van der Waals surface area contributed by atoms with Gasteiger partial charge >= 0.3 is 0 Å². The van der Waals surface area contributed by atoms with Crippen LogP contribution in [-0.2, 0) is 6.42 Å². The molecule has 0 aliphatic heterocycles. The van der Waals surface area contributed by atoms with Gasteiger partial charge in [0.2, 0.25) is 0 Å². The first-order valence-corrected chi connectivity index (χ1v) is 7.93. The van der Waals surface area contributed by atoms with E-state index in [1.165, 1.54) is 4.88 Å². The number of rotatable bonds is 4. The van der Waals surface area contributed by atoms with Gasteiger partial charge in [0.05, 0.1) is 3.79 Å². The quantitative estimate of drug-likeness (QED) is 0.736. The van der Waals surface area contributed by atoms with Crippen molar-refractivity contribution in [3.05, 3.63) is 56.8 Å². The molecule has 0 fully saturated rings. The molecule has 0 aliphatic rings. The fourth-order valence-electron chi connectivity index (χ4n) is 2.16. The van der Waals surface area contributed by atoms with Gasteiger partial charge in [0.25, 0.3) is 5.91 Å². The summed E-state index contributed by atoms with van der Waals surface area (Å²) in [4.78, 5) is 16.6. The van der Waals surface area contributed by atoms with Gasteiger partial charge in [-0.3, -0.25) is 4.79 Å². The first kappa shape index (κ1) is 13.4. The number of fused-ring (bicyclic) bond motifs is 1. The molecule has 1 amide bonds. The highest BCUT2D eigenvalue weighted by Crippen LogP contribution is 2.22. The zero-order valence-electron chi connectivity index (χ0n) is 10.7. The van der Waals surface area contributed by atoms with E-state index in [4.69, 9.17) is 0 Å². The average molecular weight is 349 g/mol. The van der Waals surface area contributed by atoms with Gasteiger partial charge < -0.3 is 10.3 Å². The maximum absolute atomic E-state index is 12.2. The number of carbonyl (C=O) groups excluding carboxylic acids is 1. The Bertz CT molecular complexity index is 747. The molecule has 102 valence electrons. The predicted molar refractivity (Wildman–Crippen MR) is 86.4 cm³/mol. The lowest BCUT2D eigenvalue weighted by Crippen LogP contribution is -2.25. The number of nitrogens with one attached hydrogen (secondary N) is 2. The van der Waals surface area contributed by atoms with Gasteiger partial charge in [0, 0.05) is 34.1 Å². The highest BCUT2D eigenvalue weighted by atomic mass is 79.9. The van der Waals surface area contributed by atoms with Crippen LogP contribution in [0.3, 0.4) is 0 Å². The molecule has 3 rings (SSSR count). The lowest BCUT2D eigenvalue weighted by molar-refractivity contribution is 0.0956. The summed E-state index contributed by atoms with van der Waals surface area (Å²) in [6, 6.07) is 11.8. The first-order chi connectivity index (χ1) is 9.74. The second-order valence-electron chi connectivity index (χ2n) is 4.46. The van der Waals surface area contributed by atoms with E-state index in [2.05, 4.69) is 32.3 Å². The minimum Gasteiger partial charge on any atom is -0.361 e. The molecule has 3 nitrogen and oxygen atoms in total. The lowest BCUT2D eigenvalue weighted by Gasteiger charge is -2.05. The minimum atomic E-state index is -0.0224. The second kappa shape index (κ2) is 5.81. The number of carbonyl (C=O) groups is 1. The summed E-state index contributed by atoms with van der Waals surface area (Å²) < 4.78 is 1.12. The van der Waals surface area contributed by atoms with Crippen LogP contribution in [0.1, 0.15) is 15.2 Å². The van der Waals surface area contributed by atoms with Crippen molar-refractivity contribution < 1.29 is 4.79 Å². The Balaban J connectivity index is 1.66. The van der Waals surface area contributed by atoms with Crippen molar-refractivity contribution >= 4 is 44.1 Å². The molecule has 5 heteroatoms. The number of hydrogen-bond acceptors (Lipinski definition) is 2. The van der Waals surface area contributed by atoms with Crippen molar-refractivity contribution in [1.29, 1.82) is 0 Å². The third kappa shape index (κ3) is 2.78. The Labute approximate surface area is 129 Å². The predicted octanol–water partition coefficient (Wildman–Crippen LogP) is 3.96. The third-order valence-electron chi connectivity index (χ3n) is 3.13. The van der Waals surface area contributed by atoms with Crippen molar-refractivity contribution in [2.24, 2.45) is 0 Å². The largest absolute Gasteiger partial charge is 0.361 e. The molecule has 0 saturated heterocycles. The summed E-state index contributed by atoms with van der Waals surface area (Å²) in [6.45, 7) is 0.645. The normalized spacial score (nSPS) is 10.8. The van der Waals surface area contributed by atoms with Gasteiger partial charge in [-0.1, -0.05) is 6.07 Å². The van der Waals surface area contributed by atoms with Crippen molar-refractivity contribution in [2.45, 2.75) is 6.42 Å². The summed E-state index contributed by atoms with van der Waals surface area (Å²) in [5.74, 6) is -0.0224. The highest BCUT2D eigenvalue weighted by molar-refractivity contribution is 9.11. The molecule has 0 radical (unpaired) electrons. The molecule has 0 atom stereocenters. The topological polar surface area (TPSA) is 44.9 Å². The molecule has 0 saturated carbocycles. The standard InChI is InChI=1S/C15H13BrN2OS/c16-14-5-4-10(20-14)6-8-18-15(19)12-2-1-3-13-11(12)7-9-17-13/h1-5,7,9,17H,6,8H2,(H,18,19). The maximum atomic E-state index is 12.2. The number of aromatic amines is 1. The molecule has 0 aliphatic carbocycles. The highest BCUT2D eigenvalue weighted by Gasteiger charge is 2.09. The van der Waals surface area contributed by atoms with Gasteiger partial charge in [-0.2, -0.15) is 0 Å². The Morgan fingerprint density at radius 1 is 1.25 bits per heavy atom. The van der Waals surface area contributed by atoms with E-state index in [-0.39, 0.29) is 5.91 Å². The van der Waals surface area contributed by atoms with Crippen molar-refractivity contribution in [1.82, 2.24) is 10.3 Å². The van der Waals surface area contributed by atoms with E-state index < -0.39 is 0 Å². The fourth-order valence-corrected chi connectivity index (χ4v) is 3.65. The van der Waals surface area contributed by atoms with Crippen molar-refractivity contribution in [2.75, 3.05) is 6.54 Å². The molecule has 2 N–H and O–H groups in total. The molecule has 2 heterocycles. The van der Waals surface area contributed by atoms with Gasteiger partial charge in [-0.05, 0) is 52.7 Å². The monoisotopic (exact) mass is 348 g/mol. The summed E-state index contributed by atoms with van der Waals surface area (Å²) in [5.41, 5.74) is 1.70. The van der Waals surface area contributed by atoms with Crippen LogP contribution in [0, 0.1) is 0 Å². The molecule has 0 bridgehead atoms. The number of halogens is 1. The third-order valence-corrected chi connectivity index (χ3v) is 4.81. The first-order valence-electron chi connectivity index (χ1n) is 6.32. The number of amides is 1. The van der Waals surface area contributed by atoms with Gasteiger partial charge in [0.1, 0.15) is 0 Å². The number of H-pyrrole nitrogens is 1. The Morgan fingerprint density at radius 3 is 2.95 bits per heavy atom. The molecule has 20 heavy (non-hydrogen) atoms. The van der Waals surface area contributed by atoms with Crippen LogP contribution in [0.2, 0.25) is 0 Å². The molecule has 1 aromatic carbocycles. The Kier molecular flexibility index (Phi) is 3.89. The van der Waals surface area contributed by atoms with Crippen LogP contribution >= 0.6 is 27.3 Å². The van der Waals surface area contributed by atoms with Gasteiger partial charge in [-0.15, -0.1) is 11.3 Å². The number of benzene rings is 1. The van der Waals surface area contributed by atoms with Crippen LogP contribution in [-0.4, -0.2) is 17.4 Å². The van der Waals surface area contributed by atoms with Crippen LogP contribution in [0.25, 0.3) is 10.9 Å². The van der Waals surface area contributed by atoms with Crippen LogP contribution in [0.15, 0.2) is 46.4 Å². The average Bonchev–Trinajstić information content (AvgIpc) is 3.06. The van der Waals surface area contributed by atoms with Crippen LogP contribution in [0.5, 0.6) is 0 Å². The van der Waals surface area contributed by atoms with Crippen molar-refractivity contribution in [3.8, 4) is 0 Å². The van der Waals surface area contributed by atoms with Gasteiger partial charge in [-0.25, -0.2) is 0 Å². The van der Waals surface area contributed by atoms with Crippen molar-refractivity contribution in [3.63, 3.8) is 0 Å². The van der Waals surface area contributed by atoms with E-state index in [1.54, 1.807) is 11.3 Å². The Morgan fingerprint density at radius 2 is 2.15 bits per heavy atom. The van der Waals surface area contributed by atoms with Crippen LogP contribution in [0.4, 0.5) is 0 Å². The van der Waals surface area contributed by atoms with E-state index in [0.717, 1.165) is 26.7 Å². The molecular formula is C15H13BrN2OS. The van der Waals surface area contributed by atoms with E-state index in [0.29, 0.717) is 6.54 Å². The summed E-state index contributed by atoms with van der Waals surface area (Å²) in [5, 5.41) is 3.94. The van der Waals surface area contributed by atoms with E-state index in [9.17, 15) is 4.79 Å². The van der Waals surface area contributed by atoms with E-state index >= 15 is 0 Å². The smallest absolute Gasteiger partial charge is 0.251 e. The van der Waals surface area contributed by atoms with E-state index in [1.807, 2.05) is 36.5 Å². The molecular weight excluding hydrogens is 336 g/mol. The molecule has 0 unspecified atom stereocenters. The number of hydrogen-bond donors (Lipinski definition) is 2. The zero-order chi connectivity index (χ0) is 13.9. The number of aromatic nitrogens is 1. The summed E-state index contributed by atoms with van der Waals surface area (Å²) in [7, 11) is 0. The fraction of sp³-hybridized carbons (Fsp3) is 0.133. The second-order valence-corrected chi connectivity index (χ2v) is 7.00. The molecule has 2 aromatic heterocycles. The SMILES string of the molecule is O=C(NCCc1ccc(Br)s1)c1cccc2[nH]ccc12. The minimum absolute atomic E-state index is 0.0224. The lowest BCUT2D eigenvalue weighted by atomic mass is 10.1. The summed E-state index contributed by atoms with van der Waals surface area (Å²) in [6.07, 6.45) is 2.70. The number of thiophene rings is 1. The van der Waals surface area contributed by atoms with Gasteiger partial charge in [0.15, 0.2) is 0 Å². The van der Waals surface area contributed by atoms with Crippen LogP contribution < -0.4 is 5.32 Å². The maximum Gasteiger partial charge on any atom is 0.251 e. The molecule has 0 spiro atoms. The summed E-state index contributed by atoms with van der Waals surface area (Å²) >= 11 is 5.14. The zero-order valence-corrected chi connectivity index (χ0v) is 13.1.